The lowest BCUT2D eigenvalue weighted by atomic mass is 10.2. The van der Waals surface area contributed by atoms with Gasteiger partial charge in [-0.1, -0.05) is 17.7 Å². The van der Waals surface area contributed by atoms with Gasteiger partial charge >= 0.3 is 0 Å². The number of nitrogens with one attached hydrogen (secondary N) is 1. The minimum absolute atomic E-state index is 0.267. The van der Waals surface area contributed by atoms with Crippen molar-refractivity contribution in [2.75, 3.05) is 5.32 Å². The van der Waals surface area contributed by atoms with E-state index in [2.05, 4.69) is 45.7 Å². The highest BCUT2D eigenvalue weighted by molar-refractivity contribution is 9.10. The second-order valence-electron chi connectivity index (χ2n) is 3.96. The molecule has 0 aliphatic carbocycles. The lowest BCUT2D eigenvalue weighted by molar-refractivity contribution is 0.903. The highest BCUT2D eigenvalue weighted by atomic mass is 79.9. The van der Waals surface area contributed by atoms with E-state index in [1.54, 1.807) is 11.3 Å². The van der Waals surface area contributed by atoms with Gasteiger partial charge < -0.3 is 5.32 Å². The molecule has 0 fully saturated rings. The van der Waals surface area contributed by atoms with Crippen LogP contribution in [0, 0.1) is 6.92 Å². The Balaban J connectivity index is 2.16. The smallest absolute Gasteiger partial charge is 0.0589 e. The molecule has 1 nitrogen and oxygen atoms in total. The molecule has 1 aromatic heterocycles. The largest absolute Gasteiger partial charge is 0.378 e. The van der Waals surface area contributed by atoms with Crippen LogP contribution in [0.15, 0.2) is 34.1 Å². The molecule has 0 saturated carbocycles. The van der Waals surface area contributed by atoms with Crippen LogP contribution >= 0.6 is 38.9 Å². The summed E-state index contributed by atoms with van der Waals surface area (Å²) in [6, 6.07) is 8.39. The first kappa shape index (κ1) is 12.9. The maximum atomic E-state index is 6.11. The minimum Gasteiger partial charge on any atom is -0.378 e. The number of thiophene rings is 1. The first-order valence-corrected chi connectivity index (χ1v) is 7.38. The predicted molar refractivity (Wildman–Crippen MR) is 80.2 cm³/mol. The maximum Gasteiger partial charge on any atom is 0.0589 e. The lowest BCUT2D eigenvalue weighted by Gasteiger charge is -2.15. The molecular weight excluding hydrogens is 318 g/mol. The molecule has 1 unspecified atom stereocenters. The number of hydrogen-bond acceptors (Lipinski definition) is 2. The summed E-state index contributed by atoms with van der Waals surface area (Å²) in [6.07, 6.45) is 0. The molecule has 4 heteroatoms. The van der Waals surface area contributed by atoms with Crippen LogP contribution in [0.2, 0.25) is 5.02 Å². The third-order valence-corrected chi connectivity index (χ3v) is 5.05. The van der Waals surface area contributed by atoms with E-state index in [1.807, 2.05) is 19.1 Å². The van der Waals surface area contributed by atoms with Crippen LogP contribution in [0.1, 0.15) is 23.4 Å². The minimum atomic E-state index is 0.267. The molecular formula is C13H13BrClNS. The van der Waals surface area contributed by atoms with Gasteiger partial charge in [0.2, 0.25) is 0 Å². The maximum absolute atomic E-state index is 6.11. The molecule has 0 spiro atoms. The fraction of sp³-hybridized carbons (Fsp3) is 0.231. The van der Waals surface area contributed by atoms with E-state index in [1.165, 1.54) is 4.88 Å². The summed E-state index contributed by atoms with van der Waals surface area (Å²) >= 11 is 11.4. The van der Waals surface area contributed by atoms with E-state index in [4.69, 9.17) is 11.6 Å². The summed E-state index contributed by atoms with van der Waals surface area (Å²) in [5.41, 5.74) is 2.15. The summed E-state index contributed by atoms with van der Waals surface area (Å²) in [5, 5.41) is 6.33. The van der Waals surface area contributed by atoms with Crippen LogP contribution in [0.5, 0.6) is 0 Å². The van der Waals surface area contributed by atoms with Crippen LogP contribution in [0.4, 0.5) is 5.69 Å². The van der Waals surface area contributed by atoms with E-state index in [0.29, 0.717) is 0 Å². The average molecular weight is 331 g/mol. The Hall–Kier alpha value is -0.510. The zero-order chi connectivity index (χ0) is 12.4. The molecule has 1 heterocycles. The van der Waals surface area contributed by atoms with Crippen LogP contribution in [-0.2, 0) is 0 Å². The normalized spacial score (nSPS) is 12.5. The van der Waals surface area contributed by atoms with Gasteiger partial charge in [0.25, 0.3) is 0 Å². The second kappa shape index (κ2) is 5.42. The fourth-order valence-corrected chi connectivity index (χ4v) is 3.52. The van der Waals surface area contributed by atoms with Crippen molar-refractivity contribution < 1.29 is 0 Å². The summed E-state index contributed by atoms with van der Waals surface area (Å²) in [4.78, 5) is 1.29. The topological polar surface area (TPSA) is 12.0 Å². The summed E-state index contributed by atoms with van der Waals surface area (Å²) in [5.74, 6) is 0. The van der Waals surface area contributed by atoms with Crippen molar-refractivity contribution >= 4 is 44.6 Å². The van der Waals surface area contributed by atoms with Gasteiger partial charge in [-0.2, -0.15) is 0 Å². The Bertz CT molecular complexity index is 524. The summed E-state index contributed by atoms with van der Waals surface area (Å²) in [6.45, 7) is 4.15. The van der Waals surface area contributed by atoms with Crippen LogP contribution < -0.4 is 5.32 Å². The Kier molecular flexibility index (Phi) is 4.13. The molecule has 17 heavy (non-hydrogen) atoms. The third-order valence-electron chi connectivity index (χ3n) is 2.59. The highest BCUT2D eigenvalue weighted by Gasteiger charge is 2.10. The Morgan fingerprint density at radius 3 is 2.71 bits per heavy atom. The standard InChI is InChI=1S/C13H13BrClNS/c1-8-3-4-10(7-12(8)15)16-9(2)13-11(14)5-6-17-13/h3-7,9,16H,1-2H3. The number of aryl methyl sites for hydroxylation is 1. The SMILES string of the molecule is Cc1ccc(NC(C)c2sccc2Br)cc1Cl. The van der Waals surface area contributed by atoms with E-state index in [-0.39, 0.29) is 6.04 Å². The fourth-order valence-electron chi connectivity index (χ4n) is 1.61. The molecule has 0 aliphatic rings. The molecule has 2 aromatic rings. The summed E-state index contributed by atoms with van der Waals surface area (Å²) in [7, 11) is 0. The van der Waals surface area contributed by atoms with Crippen molar-refractivity contribution in [2.45, 2.75) is 19.9 Å². The molecule has 0 radical (unpaired) electrons. The second-order valence-corrected chi connectivity index (χ2v) is 6.17. The van der Waals surface area contributed by atoms with E-state index < -0.39 is 0 Å². The van der Waals surface area contributed by atoms with Crippen molar-refractivity contribution in [1.82, 2.24) is 0 Å². The van der Waals surface area contributed by atoms with Crippen LogP contribution in [0.3, 0.4) is 0 Å². The Morgan fingerprint density at radius 2 is 2.12 bits per heavy atom. The first-order chi connectivity index (χ1) is 8.08. The van der Waals surface area contributed by atoms with E-state index in [0.717, 1.165) is 20.7 Å². The van der Waals surface area contributed by atoms with Gasteiger partial charge in [-0.15, -0.1) is 11.3 Å². The molecule has 0 saturated heterocycles. The highest BCUT2D eigenvalue weighted by Crippen LogP contribution is 2.31. The van der Waals surface area contributed by atoms with Crippen molar-refractivity contribution in [3.05, 3.63) is 49.6 Å². The van der Waals surface area contributed by atoms with Crippen LogP contribution in [0.25, 0.3) is 0 Å². The quantitative estimate of drug-likeness (QED) is 0.767. The molecule has 0 bridgehead atoms. The van der Waals surface area contributed by atoms with E-state index in [9.17, 15) is 0 Å². The Labute approximate surface area is 119 Å². The van der Waals surface area contributed by atoms with Gasteiger partial charge in [0.05, 0.1) is 6.04 Å². The van der Waals surface area contributed by atoms with Gasteiger partial charge in [0, 0.05) is 20.1 Å². The number of halogens is 2. The van der Waals surface area contributed by atoms with E-state index >= 15 is 0 Å². The molecule has 1 aromatic carbocycles. The van der Waals surface area contributed by atoms with Crippen molar-refractivity contribution in [3.63, 3.8) is 0 Å². The lowest BCUT2D eigenvalue weighted by Crippen LogP contribution is -2.05. The molecule has 0 aliphatic heterocycles. The van der Waals surface area contributed by atoms with Crippen LogP contribution in [-0.4, -0.2) is 0 Å². The van der Waals surface area contributed by atoms with Gasteiger partial charge in [-0.3, -0.25) is 0 Å². The van der Waals surface area contributed by atoms with Crippen molar-refractivity contribution in [2.24, 2.45) is 0 Å². The molecule has 90 valence electrons. The predicted octanol–water partition coefficient (Wildman–Crippen LogP) is 5.65. The molecule has 0 amide bonds. The Morgan fingerprint density at radius 1 is 1.35 bits per heavy atom. The van der Waals surface area contributed by atoms with Gasteiger partial charge in [0.15, 0.2) is 0 Å². The number of anilines is 1. The molecule has 1 atom stereocenters. The van der Waals surface area contributed by atoms with Crippen molar-refractivity contribution in [3.8, 4) is 0 Å². The van der Waals surface area contributed by atoms with Gasteiger partial charge in [0.1, 0.15) is 0 Å². The number of hydrogen-bond donors (Lipinski definition) is 1. The van der Waals surface area contributed by atoms with Gasteiger partial charge in [-0.05, 0) is 58.9 Å². The number of rotatable bonds is 3. The summed E-state index contributed by atoms with van der Waals surface area (Å²) < 4.78 is 1.15. The third kappa shape index (κ3) is 3.03. The zero-order valence-corrected chi connectivity index (χ0v) is 12.8. The average Bonchev–Trinajstić information content (AvgIpc) is 2.70. The van der Waals surface area contributed by atoms with Gasteiger partial charge in [-0.25, -0.2) is 0 Å². The zero-order valence-electron chi connectivity index (χ0n) is 9.63. The molecule has 2 rings (SSSR count). The number of benzene rings is 1. The first-order valence-electron chi connectivity index (χ1n) is 5.33. The molecule has 1 N–H and O–H groups in total. The monoisotopic (exact) mass is 329 g/mol. The van der Waals surface area contributed by atoms with Crippen molar-refractivity contribution in [1.29, 1.82) is 0 Å².